The molecule has 0 fully saturated rings. The third-order valence-corrected chi connectivity index (χ3v) is 3.04. The van der Waals surface area contributed by atoms with Crippen molar-refractivity contribution in [2.24, 2.45) is 0 Å². The summed E-state index contributed by atoms with van der Waals surface area (Å²) in [5.41, 5.74) is -0.283. The maximum absolute atomic E-state index is 10.9. The van der Waals surface area contributed by atoms with Crippen molar-refractivity contribution >= 4 is 37.5 Å². The van der Waals surface area contributed by atoms with Crippen molar-refractivity contribution in [2.45, 2.75) is 0 Å². The monoisotopic (exact) mass is 245 g/mol. The quantitative estimate of drug-likeness (QED) is 0.747. The molecule has 12 heavy (non-hydrogen) atoms. The minimum atomic E-state index is -0.283. The van der Waals surface area contributed by atoms with Crippen LogP contribution in [0.3, 0.4) is 0 Å². The van der Waals surface area contributed by atoms with Gasteiger partial charge in [0.25, 0.3) is 5.56 Å². The number of aromatic hydroxyl groups is 1. The van der Waals surface area contributed by atoms with Gasteiger partial charge in [0.15, 0.2) is 0 Å². The smallest absolute Gasteiger partial charge is 0.252 e. The van der Waals surface area contributed by atoms with Gasteiger partial charge in [-0.3, -0.25) is 4.79 Å². The molecule has 0 aliphatic carbocycles. The summed E-state index contributed by atoms with van der Waals surface area (Å²) in [6, 6.07) is 2.94. The number of hydrogen-bond acceptors (Lipinski definition) is 3. The Morgan fingerprint density at radius 2 is 2.25 bits per heavy atom. The minimum Gasteiger partial charge on any atom is -0.507 e. The van der Waals surface area contributed by atoms with Crippen LogP contribution in [0.1, 0.15) is 0 Å². The molecule has 0 unspecified atom stereocenters. The Balaban J connectivity index is 2.97. The first-order valence-electron chi connectivity index (χ1n) is 3.18. The molecule has 2 aromatic rings. The highest BCUT2D eigenvalue weighted by molar-refractivity contribution is 9.11. The number of thiophene rings is 1. The Bertz CT molecular complexity index is 488. The van der Waals surface area contributed by atoms with Crippen molar-refractivity contribution in [1.82, 2.24) is 4.98 Å². The first-order valence-corrected chi connectivity index (χ1v) is 4.79. The van der Waals surface area contributed by atoms with Crippen LogP contribution in [-0.4, -0.2) is 10.1 Å². The van der Waals surface area contributed by atoms with Crippen LogP contribution in [0.2, 0.25) is 0 Å². The van der Waals surface area contributed by atoms with Crippen LogP contribution >= 0.6 is 27.3 Å². The second-order valence-corrected chi connectivity index (χ2v) is 4.74. The highest BCUT2D eigenvalue weighted by Crippen LogP contribution is 2.31. The molecule has 62 valence electrons. The topological polar surface area (TPSA) is 53.1 Å². The lowest BCUT2D eigenvalue weighted by Crippen LogP contribution is -2.00. The predicted octanol–water partition coefficient (Wildman–Crippen LogP) is 2.06. The molecular formula is C7H4BrNO2S. The van der Waals surface area contributed by atoms with Crippen LogP contribution in [0.15, 0.2) is 20.7 Å². The fourth-order valence-electron chi connectivity index (χ4n) is 0.994. The van der Waals surface area contributed by atoms with Gasteiger partial charge in [-0.15, -0.1) is 11.3 Å². The minimum absolute atomic E-state index is 0.0238. The molecule has 0 spiro atoms. The van der Waals surface area contributed by atoms with E-state index in [9.17, 15) is 9.90 Å². The SMILES string of the molecule is O=c1cc(O)c2cc(Br)sc2[nH]1. The first-order chi connectivity index (χ1) is 5.66. The van der Waals surface area contributed by atoms with Crippen molar-refractivity contribution in [3.8, 4) is 5.75 Å². The summed E-state index contributed by atoms with van der Waals surface area (Å²) in [4.78, 5) is 14.2. The van der Waals surface area contributed by atoms with Crippen molar-refractivity contribution in [3.05, 3.63) is 26.3 Å². The van der Waals surface area contributed by atoms with E-state index in [4.69, 9.17) is 0 Å². The number of nitrogens with one attached hydrogen (secondary N) is 1. The van der Waals surface area contributed by atoms with Gasteiger partial charge in [-0.1, -0.05) is 0 Å². The first kappa shape index (κ1) is 7.82. The van der Waals surface area contributed by atoms with E-state index >= 15 is 0 Å². The Morgan fingerprint density at radius 3 is 3.00 bits per heavy atom. The standard InChI is InChI=1S/C7H4BrNO2S/c8-5-1-3-4(10)2-6(11)9-7(3)12-5/h1-2H,(H2,9,10,11). The van der Waals surface area contributed by atoms with E-state index in [-0.39, 0.29) is 11.3 Å². The lowest BCUT2D eigenvalue weighted by atomic mass is 10.3. The predicted molar refractivity (Wildman–Crippen MR) is 51.8 cm³/mol. The summed E-state index contributed by atoms with van der Waals surface area (Å²) in [5.74, 6) is 0.0238. The Hall–Kier alpha value is -0.810. The Labute approximate surface area is 79.8 Å². The molecule has 0 saturated heterocycles. The lowest BCUT2D eigenvalue weighted by molar-refractivity contribution is 0.480. The van der Waals surface area contributed by atoms with E-state index in [1.165, 1.54) is 17.4 Å². The number of aromatic nitrogens is 1. The highest BCUT2D eigenvalue weighted by Gasteiger charge is 2.04. The van der Waals surface area contributed by atoms with Crippen LogP contribution in [0.5, 0.6) is 5.75 Å². The van der Waals surface area contributed by atoms with Gasteiger partial charge in [0.05, 0.1) is 9.17 Å². The molecule has 0 radical (unpaired) electrons. The average Bonchev–Trinajstić information content (AvgIpc) is 2.29. The summed E-state index contributed by atoms with van der Waals surface area (Å²) in [5, 5.41) is 10.0. The maximum atomic E-state index is 10.9. The van der Waals surface area contributed by atoms with Gasteiger partial charge in [-0.05, 0) is 22.0 Å². The molecule has 0 atom stereocenters. The molecule has 0 saturated carbocycles. The summed E-state index contributed by atoms with van der Waals surface area (Å²) >= 11 is 4.65. The van der Waals surface area contributed by atoms with Gasteiger partial charge in [0, 0.05) is 6.07 Å². The van der Waals surface area contributed by atoms with Gasteiger partial charge in [-0.25, -0.2) is 0 Å². The van der Waals surface area contributed by atoms with Gasteiger partial charge >= 0.3 is 0 Å². The molecule has 3 nitrogen and oxygen atoms in total. The zero-order valence-electron chi connectivity index (χ0n) is 5.80. The number of hydrogen-bond donors (Lipinski definition) is 2. The van der Waals surface area contributed by atoms with Crippen molar-refractivity contribution in [2.75, 3.05) is 0 Å². The van der Waals surface area contributed by atoms with Gasteiger partial charge < -0.3 is 10.1 Å². The van der Waals surface area contributed by atoms with Gasteiger partial charge in [0.1, 0.15) is 10.6 Å². The number of rotatable bonds is 0. The molecule has 0 aliphatic heterocycles. The third-order valence-electron chi connectivity index (χ3n) is 1.48. The van der Waals surface area contributed by atoms with Crippen molar-refractivity contribution in [1.29, 1.82) is 0 Å². The van der Waals surface area contributed by atoms with Crippen LogP contribution < -0.4 is 5.56 Å². The highest BCUT2D eigenvalue weighted by atomic mass is 79.9. The molecule has 0 aromatic carbocycles. The summed E-state index contributed by atoms with van der Waals surface area (Å²) in [6.07, 6.45) is 0. The molecule has 2 N–H and O–H groups in total. The van der Waals surface area contributed by atoms with Crippen molar-refractivity contribution < 1.29 is 5.11 Å². The Kier molecular flexibility index (Phi) is 1.69. The number of H-pyrrole nitrogens is 1. The second kappa shape index (κ2) is 2.60. The van der Waals surface area contributed by atoms with E-state index in [2.05, 4.69) is 20.9 Å². The van der Waals surface area contributed by atoms with Crippen LogP contribution in [0.25, 0.3) is 10.2 Å². The van der Waals surface area contributed by atoms with Gasteiger partial charge in [-0.2, -0.15) is 0 Å². The molecule has 5 heteroatoms. The lowest BCUT2D eigenvalue weighted by Gasteiger charge is -1.91. The van der Waals surface area contributed by atoms with Crippen LogP contribution in [-0.2, 0) is 0 Å². The van der Waals surface area contributed by atoms with E-state index in [0.717, 1.165) is 3.79 Å². The molecule has 0 bridgehead atoms. The molecule has 0 amide bonds. The zero-order chi connectivity index (χ0) is 8.72. The molecular weight excluding hydrogens is 242 g/mol. The second-order valence-electron chi connectivity index (χ2n) is 2.31. The van der Waals surface area contributed by atoms with Crippen LogP contribution in [0, 0.1) is 0 Å². The van der Waals surface area contributed by atoms with E-state index in [1.54, 1.807) is 6.07 Å². The number of fused-ring (bicyclic) bond motifs is 1. The summed E-state index contributed by atoms with van der Waals surface area (Å²) < 4.78 is 0.884. The number of halogens is 1. The zero-order valence-corrected chi connectivity index (χ0v) is 8.20. The third kappa shape index (κ3) is 1.15. The molecule has 2 heterocycles. The van der Waals surface area contributed by atoms with E-state index in [1.807, 2.05) is 0 Å². The molecule has 2 rings (SSSR count). The number of aromatic amines is 1. The van der Waals surface area contributed by atoms with E-state index < -0.39 is 0 Å². The van der Waals surface area contributed by atoms with Gasteiger partial charge in [0.2, 0.25) is 0 Å². The van der Waals surface area contributed by atoms with Crippen molar-refractivity contribution in [3.63, 3.8) is 0 Å². The fraction of sp³-hybridized carbons (Fsp3) is 0. The normalized spacial score (nSPS) is 10.8. The molecule has 0 aliphatic rings. The number of pyridine rings is 1. The maximum Gasteiger partial charge on any atom is 0.252 e. The Morgan fingerprint density at radius 1 is 1.50 bits per heavy atom. The summed E-state index contributed by atoms with van der Waals surface area (Å²) in [6.45, 7) is 0. The average molecular weight is 246 g/mol. The fourth-order valence-corrected chi connectivity index (χ4v) is 2.51. The largest absolute Gasteiger partial charge is 0.507 e. The summed E-state index contributed by atoms with van der Waals surface area (Å²) in [7, 11) is 0. The van der Waals surface area contributed by atoms with E-state index in [0.29, 0.717) is 10.2 Å². The van der Waals surface area contributed by atoms with Crippen LogP contribution in [0.4, 0.5) is 0 Å². The molecule has 2 aromatic heterocycles.